The van der Waals surface area contributed by atoms with Gasteiger partial charge in [0.05, 0.1) is 35.1 Å². The maximum Gasteiger partial charge on any atom is 0.261 e. The number of aromatic nitrogens is 1. The zero-order chi connectivity index (χ0) is 23.8. The number of carbonyl (C=O) groups is 3. The number of hydrogen-bond acceptors (Lipinski definition) is 7. The van der Waals surface area contributed by atoms with Crippen molar-refractivity contribution in [1.29, 1.82) is 0 Å². The van der Waals surface area contributed by atoms with Gasteiger partial charge in [0.15, 0.2) is 11.6 Å². The number of likely N-dealkylation sites (tertiary alicyclic amines) is 1. The van der Waals surface area contributed by atoms with Gasteiger partial charge in [0.25, 0.3) is 5.91 Å². The van der Waals surface area contributed by atoms with Gasteiger partial charge in [-0.25, -0.2) is 4.39 Å². The van der Waals surface area contributed by atoms with Crippen molar-refractivity contribution in [3.8, 4) is 10.4 Å². The zero-order valence-electron chi connectivity index (χ0n) is 18.4. The summed E-state index contributed by atoms with van der Waals surface area (Å²) in [4.78, 5) is 45.4. The van der Waals surface area contributed by atoms with E-state index >= 15 is 0 Å². The summed E-state index contributed by atoms with van der Waals surface area (Å²) < 4.78 is 19.0. The van der Waals surface area contributed by atoms with E-state index in [1.165, 1.54) is 23.6 Å². The van der Waals surface area contributed by atoms with Crippen molar-refractivity contribution in [2.45, 2.75) is 49.2 Å². The average molecular weight is 506 g/mol. The largest absolute Gasteiger partial charge is 0.367 e. The molecular weight excluding hydrogens is 481 g/mol. The van der Waals surface area contributed by atoms with Gasteiger partial charge in [0.2, 0.25) is 0 Å². The molecule has 2 aromatic rings. The molecule has 5 rings (SSSR count). The number of nitrogens with one attached hydrogen (secondary N) is 1. The molecule has 3 fully saturated rings. The van der Waals surface area contributed by atoms with E-state index in [0.717, 1.165) is 36.8 Å². The maximum absolute atomic E-state index is 13.5. The van der Waals surface area contributed by atoms with E-state index in [1.807, 2.05) is 0 Å². The van der Waals surface area contributed by atoms with E-state index < -0.39 is 5.82 Å². The van der Waals surface area contributed by atoms with Crippen LogP contribution >= 0.6 is 22.9 Å². The van der Waals surface area contributed by atoms with Crippen LogP contribution in [0.25, 0.3) is 10.4 Å². The first-order valence-electron chi connectivity index (χ1n) is 11.5. The van der Waals surface area contributed by atoms with Gasteiger partial charge in [-0.05, 0) is 31.0 Å². The molecule has 0 spiro atoms. The SMILES string of the molecule is O=C(NCC(=O)C1CCCCC1N1C[C@H](Cl)[C@H]2OCC(=O)[C@H]21)c1ccc(-c2cncc(F)c2)s1. The molecule has 34 heavy (non-hydrogen) atoms. The number of pyridine rings is 1. The lowest BCUT2D eigenvalue weighted by atomic mass is 9.80. The van der Waals surface area contributed by atoms with Crippen LogP contribution in [-0.2, 0) is 14.3 Å². The number of carbonyl (C=O) groups excluding carboxylic acids is 3. The molecule has 2 unspecified atom stereocenters. The lowest BCUT2D eigenvalue weighted by Gasteiger charge is -2.39. The quantitative estimate of drug-likeness (QED) is 0.607. The summed E-state index contributed by atoms with van der Waals surface area (Å²) in [5, 5.41) is 2.47. The minimum Gasteiger partial charge on any atom is -0.367 e. The number of ether oxygens (including phenoxy) is 1. The van der Waals surface area contributed by atoms with Crippen molar-refractivity contribution in [2.24, 2.45) is 5.92 Å². The summed E-state index contributed by atoms with van der Waals surface area (Å²) >= 11 is 7.68. The Balaban J connectivity index is 1.23. The molecular formula is C24H25ClFN3O4S. The van der Waals surface area contributed by atoms with E-state index in [9.17, 15) is 18.8 Å². The highest BCUT2D eigenvalue weighted by molar-refractivity contribution is 7.17. The lowest BCUT2D eigenvalue weighted by molar-refractivity contribution is -0.128. The molecule has 0 aromatic carbocycles. The number of ketones is 2. The highest BCUT2D eigenvalue weighted by Gasteiger charge is 2.53. The van der Waals surface area contributed by atoms with Gasteiger partial charge in [-0.3, -0.25) is 24.3 Å². The van der Waals surface area contributed by atoms with E-state index in [0.29, 0.717) is 17.0 Å². The summed E-state index contributed by atoms with van der Waals surface area (Å²) in [7, 11) is 0. The molecule has 180 valence electrons. The summed E-state index contributed by atoms with van der Waals surface area (Å²) in [6.45, 7) is 0.521. The Hall–Kier alpha value is -2.20. The number of hydrogen-bond donors (Lipinski definition) is 1. The van der Waals surface area contributed by atoms with Gasteiger partial charge in [0, 0.05) is 35.1 Å². The highest BCUT2D eigenvalue weighted by Crippen LogP contribution is 2.38. The van der Waals surface area contributed by atoms with Crippen LogP contribution < -0.4 is 5.32 Å². The van der Waals surface area contributed by atoms with Crippen LogP contribution in [0, 0.1) is 11.7 Å². The van der Waals surface area contributed by atoms with E-state index in [-0.39, 0.29) is 60.1 Å². The summed E-state index contributed by atoms with van der Waals surface area (Å²) in [5.41, 5.74) is 0.595. The number of fused-ring (bicyclic) bond motifs is 1. The molecule has 2 aliphatic heterocycles. The van der Waals surface area contributed by atoms with Crippen LogP contribution in [0.15, 0.2) is 30.6 Å². The van der Waals surface area contributed by atoms with Crippen molar-refractivity contribution in [3.63, 3.8) is 0 Å². The minimum atomic E-state index is -0.444. The molecule has 3 aliphatic rings. The van der Waals surface area contributed by atoms with Gasteiger partial charge in [0.1, 0.15) is 12.4 Å². The zero-order valence-corrected chi connectivity index (χ0v) is 20.0. The first kappa shape index (κ1) is 23.5. The van der Waals surface area contributed by atoms with E-state index in [4.69, 9.17) is 16.3 Å². The third-order valence-electron chi connectivity index (χ3n) is 6.97. The Labute approximate surface area is 205 Å². The standard InChI is InChI=1S/C24H25ClFN3O4S/c25-16-11-29(22-19(31)12-33-23(16)22)17-4-2-1-3-15(17)18(30)10-28-24(32)21-6-5-20(34-21)13-7-14(26)9-27-8-13/h5-9,15-17,22-23H,1-4,10-12H2,(H,28,32)/t15?,16-,17?,22+,23+/m0/s1. The Morgan fingerprint density at radius 2 is 2.09 bits per heavy atom. The molecule has 5 atom stereocenters. The van der Waals surface area contributed by atoms with Crippen LogP contribution in [0.1, 0.15) is 35.4 Å². The van der Waals surface area contributed by atoms with E-state index in [1.54, 1.807) is 12.1 Å². The average Bonchev–Trinajstić information content (AvgIpc) is 3.55. The summed E-state index contributed by atoms with van der Waals surface area (Å²) in [6, 6.07) is 4.31. The van der Waals surface area contributed by atoms with Crippen molar-refractivity contribution >= 4 is 40.4 Å². The van der Waals surface area contributed by atoms with Crippen molar-refractivity contribution in [1.82, 2.24) is 15.2 Å². The third-order valence-corrected chi connectivity index (χ3v) is 8.49. The predicted octanol–water partition coefficient (Wildman–Crippen LogP) is 3.07. The Kier molecular flexibility index (Phi) is 6.79. The minimum absolute atomic E-state index is 0.0280. The lowest BCUT2D eigenvalue weighted by Crippen LogP contribution is -2.52. The summed E-state index contributed by atoms with van der Waals surface area (Å²) in [5.74, 6) is -1.06. The van der Waals surface area contributed by atoms with Gasteiger partial charge >= 0.3 is 0 Å². The molecule has 10 heteroatoms. The van der Waals surface area contributed by atoms with Crippen LogP contribution in [0.4, 0.5) is 4.39 Å². The number of thiophene rings is 1. The molecule has 4 heterocycles. The van der Waals surface area contributed by atoms with Crippen LogP contribution in [0.3, 0.4) is 0 Å². The first-order valence-corrected chi connectivity index (χ1v) is 12.7. The van der Waals surface area contributed by atoms with Gasteiger partial charge < -0.3 is 10.1 Å². The smallest absolute Gasteiger partial charge is 0.261 e. The van der Waals surface area contributed by atoms with Crippen molar-refractivity contribution in [2.75, 3.05) is 19.7 Å². The molecule has 2 aromatic heterocycles. The molecule has 1 amide bonds. The van der Waals surface area contributed by atoms with Crippen LogP contribution in [-0.4, -0.2) is 70.6 Å². The monoisotopic (exact) mass is 505 g/mol. The molecule has 7 nitrogen and oxygen atoms in total. The molecule has 1 N–H and O–H groups in total. The molecule has 0 radical (unpaired) electrons. The second-order valence-electron chi connectivity index (χ2n) is 9.06. The fraction of sp³-hybridized carbons (Fsp3) is 0.500. The number of alkyl halides is 1. The maximum atomic E-state index is 13.5. The predicted molar refractivity (Wildman–Crippen MR) is 125 cm³/mol. The molecule has 1 saturated carbocycles. The van der Waals surface area contributed by atoms with Crippen molar-refractivity contribution < 1.29 is 23.5 Å². The molecule has 0 bridgehead atoms. The van der Waals surface area contributed by atoms with Crippen molar-refractivity contribution in [3.05, 3.63) is 41.3 Å². The second kappa shape index (κ2) is 9.81. The number of Topliss-reactive ketones (excluding diaryl/α,β-unsaturated/α-hetero) is 2. The molecule has 1 aliphatic carbocycles. The normalized spacial score (nSPS) is 29.2. The Morgan fingerprint density at radius 1 is 1.26 bits per heavy atom. The second-order valence-corrected chi connectivity index (χ2v) is 10.7. The van der Waals surface area contributed by atoms with Crippen LogP contribution in [0.5, 0.6) is 0 Å². The third kappa shape index (κ3) is 4.54. The Bertz CT molecular complexity index is 1110. The van der Waals surface area contributed by atoms with Crippen LogP contribution in [0.2, 0.25) is 0 Å². The van der Waals surface area contributed by atoms with Gasteiger partial charge in [-0.2, -0.15) is 0 Å². The fourth-order valence-electron chi connectivity index (χ4n) is 5.41. The number of nitrogens with zero attached hydrogens (tertiary/aromatic N) is 2. The number of amides is 1. The number of rotatable bonds is 6. The molecule has 2 saturated heterocycles. The van der Waals surface area contributed by atoms with Gasteiger partial charge in [-0.1, -0.05) is 12.8 Å². The van der Waals surface area contributed by atoms with Gasteiger partial charge in [-0.15, -0.1) is 22.9 Å². The number of halogens is 2. The van der Waals surface area contributed by atoms with E-state index in [2.05, 4.69) is 15.2 Å². The first-order chi connectivity index (χ1) is 16.4. The fourth-order valence-corrected chi connectivity index (χ4v) is 6.68. The Morgan fingerprint density at radius 3 is 2.91 bits per heavy atom. The highest BCUT2D eigenvalue weighted by atomic mass is 35.5. The summed E-state index contributed by atoms with van der Waals surface area (Å²) in [6.07, 6.45) is 5.83. The topological polar surface area (TPSA) is 88.6 Å².